The van der Waals surface area contributed by atoms with Crippen molar-refractivity contribution in [3.05, 3.63) is 60.4 Å². The summed E-state index contributed by atoms with van der Waals surface area (Å²) < 4.78 is 16.1. The zero-order valence-electron chi connectivity index (χ0n) is 16.4. The van der Waals surface area contributed by atoms with Gasteiger partial charge in [-0.3, -0.25) is 4.79 Å². The highest BCUT2D eigenvalue weighted by molar-refractivity contribution is 6.03. The van der Waals surface area contributed by atoms with Gasteiger partial charge in [0.15, 0.2) is 0 Å². The number of methoxy groups -OCH3 is 2. The number of carbonyl (C=O) groups excluding carboxylic acids is 1. The van der Waals surface area contributed by atoms with Crippen LogP contribution in [0.5, 0.6) is 17.2 Å². The van der Waals surface area contributed by atoms with Crippen LogP contribution in [0.4, 0.5) is 17.3 Å². The Morgan fingerprint density at radius 3 is 2.59 bits per heavy atom. The van der Waals surface area contributed by atoms with Crippen LogP contribution in [-0.2, 0) is 0 Å². The zero-order valence-corrected chi connectivity index (χ0v) is 16.4. The van der Waals surface area contributed by atoms with Gasteiger partial charge in [-0.15, -0.1) is 0 Å². The molecule has 8 nitrogen and oxygen atoms in total. The summed E-state index contributed by atoms with van der Waals surface area (Å²) in [6, 6.07) is 14.1. The monoisotopic (exact) mass is 394 g/mol. The molecular formula is C21H22N4O4. The van der Waals surface area contributed by atoms with Gasteiger partial charge < -0.3 is 24.8 Å². The van der Waals surface area contributed by atoms with Crippen molar-refractivity contribution in [3.8, 4) is 17.2 Å². The Hall–Kier alpha value is -3.81. The van der Waals surface area contributed by atoms with Crippen LogP contribution < -0.4 is 24.8 Å². The van der Waals surface area contributed by atoms with Crippen LogP contribution in [0.25, 0.3) is 0 Å². The first-order valence-corrected chi connectivity index (χ1v) is 9.00. The van der Waals surface area contributed by atoms with Crippen molar-refractivity contribution in [2.45, 2.75) is 6.92 Å². The standard InChI is InChI=1S/C21H22N4O4/c1-4-29-18-8-6-5-7-15(18)23-20(26)17-11-12-22-21(25-17)24-16-10-9-14(27-2)13-19(16)28-3/h5-13H,4H2,1-3H3,(H,23,26)(H,22,24,25). The molecule has 0 bridgehead atoms. The highest BCUT2D eigenvalue weighted by Gasteiger charge is 2.13. The van der Waals surface area contributed by atoms with E-state index in [4.69, 9.17) is 14.2 Å². The first kappa shape index (κ1) is 19.9. The van der Waals surface area contributed by atoms with Gasteiger partial charge in [0.2, 0.25) is 5.95 Å². The van der Waals surface area contributed by atoms with Gasteiger partial charge in [-0.2, -0.15) is 0 Å². The Labute approximate surface area is 168 Å². The predicted molar refractivity (Wildman–Crippen MR) is 110 cm³/mol. The molecule has 0 aliphatic carbocycles. The van der Waals surface area contributed by atoms with E-state index in [-0.39, 0.29) is 17.5 Å². The van der Waals surface area contributed by atoms with Crippen molar-refractivity contribution in [1.29, 1.82) is 0 Å². The molecule has 2 N–H and O–H groups in total. The first-order valence-electron chi connectivity index (χ1n) is 9.00. The normalized spacial score (nSPS) is 10.2. The smallest absolute Gasteiger partial charge is 0.274 e. The van der Waals surface area contributed by atoms with Gasteiger partial charge >= 0.3 is 0 Å². The lowest BCUT2D eigenvalue weighted by Gasteiger charge is -2.13. The third-order valence-electron chi connectivity index (χ3n) is 3.98. The maximum atomic E-state index is 12.7. The van der Waals surface area contributed by atoms with Gasteiger partial charge in [0, 0.05) is 12.3 Å². The number of hydrogen-bond donors (Lipinski definition) is 2. The molecule has 0 saturated heterocycles. The van der Waals surface area contributed by atoms with E-state index in [9.17, 15) is 4.79 Å². The molecule has 0 saturated carbocycles. The average Bonchev–Trinajstić information content (AvgIpc) is 2.75. The Balaban J connectivity index is 1.79. The number of anilines is 3. The Kier molecular flexibility index (Phi) is 6.47. The molecule has 0 spiro atoms. The average molecular weight is 394 g/mol. The second-order valence-electron chi connectivity index (χ2n) is 5.84. The zero-order chi connectivity index (χ0) is 20.6. The lowest BCUT2D eigenvalue weighted by molar-refractivity contribution is 0.102. The SMILES string of the molecule is CCOc1ccccc1NC(=O)c1ccnc(Nc2ccc(OC)cc2OC)n1. The van der Waals surface area contributed by atoms with Crippen LogP contribution in [0.3, 0.4) is 0 Å². The Morgan fingerprint density at radius 1 is 1.00 bits per heavy atom. The number of aromatic nitrogens is 2. The van der Waals surface area contributed by atoms with E-state index in [1.807, 2.05) is 19.1 Å². The summed E-state index contributed by atoms with van der Waals surface area (Å²) in [5.41, 5.74) is 1.43. The van der Waals surface area contributed by atoms with Crippen molar-refractivity contribution < 1.29 is 19.0 Å². The Morgan fingerprint density at radius 2 is 1.83 bits per heavy atom. The van der Waals surface area contributed by atoms with E-state index in [1.165, 1.54) is 12.3 Å². The maximum absolute atomic E-state index is 12.7. The fourth-order valence-corrected chi connectivity index (χ4v) is 2.61. The second kappa shape index (κ2) is 9.41. The molecule has 29 heavy (non-hydrogen) atoms. The molecule has 1 heterocycles. The van der Waals surface area contributed by atoms with Crippen molar-refractivity contribution in [3.63, 3.8) is 0 Å². The summed E-state index contributed by atoms with van der Waals surface area (Å²) in [5, 5.41) is 5.88. The molecule has 2 aromatic carbocycles. The molecule has 150 valence electrons. The minimum atomic E-state index is -0.371. The predicted octanol–water partition coefficient (Wildman–Crippen LogP) is 3.89. The van der Waals surface area contributed by atoms with Crippen LogP contribution in [0, 0.1) is 0 Å². The molecular weight excluding hydrogens is 372 g/mol. The van der Waals surface area contributed by atoms with Gasteiger partial charge in [-0.25, -0.2) is 9.97 Å². The van der Waals surface area contributed by atoms with Crippen LogP contribution in [0.2, 0.25) is 0 Å². The summed E-state index contributed by atoms with van der Waals surface area (Å²) in [5.74, 6) is 1.71. The van der Waals surface area contributed by atoms with Crippen LogP contribution in [0.15, 0.2) is 54.7 Å². The lowest BCUT2D eigenvalue weighted by atomic mass is 10.2. The number of carbonyl (C=O) groups is 1. The highest BCUT2D eigenvalue weighted by Crippen LogP contribution is 2.30. The molecule has 8 heteroatoms. The van der Waals surface area contributed by atoms with Gasteiger partial charge in [-0.05, 0) is 37.3 Å². The number of amides is 1. The molecule has 0 radical (unpaired) electrons. The number of para-hydroxylation sites is 2. The van der Waals surface area contributed by atoms with Crippen LogP contribution in [0.1, 0.15) is 17.4 Å². The Bertz CT molecular complexity index is 994. The molecule has 0 aliphatic heterocycles. The minimum Gasteiger partial charge on any atom is -0.497 e. The van der Waals surface area contributed by atoms with Crippen LogP contribution in [-0.4, -0.2) is 36.7 Å². The first-order chi connectivity index (χ1) is 14.1. The number of rotatable bonds is 8. The van der Waals surface area contributed by atoms with Crippen molar-refractivity contribution >= 4 is 23.2 Å². The van der Waals surface area contributed by atoms with E-state index in [0.717, 1.165) is 0 Å². The molecule has 0 fully saturated rings. The number of benzene rings is 2. The van der Waals surface area contributed by atoms with Gasteiger partial charge in [0.1, 0.15) is 22.9 Å². The summed E-state index contributed by atoms with van der Waals surface area (Å²) >= 11 is 0. The molecule has 3 rings (SSSR count). The minimum absolute atomic E-state index is 0.210. The summed E-state index contributed by atoms with van der Waals surface area (Å²) in [7, 11) is 3.14. The fourth-order valence-electron chi connectivity index (χ4n) is 2.61. The van der Waals surface area contributed by atoms with E-state index in [1.54, 1.807) is 44.6 Å². The number of ether oxygens (including phenoxy) is 3. The molecule has 0 unspecified atom stereocenters. The number of hydrogen-bond acceptors (Lipinski definition) is 7. The number of nitrogens with zero attached hydrogens (tertiary/aromatic N) is 2. The van der Waals surface area contributed by atoms with E-state index < -0.39 is 0 Å². The quantitative estimate of drug-likeness (QED) is 0.598. The topological polar surface area (TPSA) is 94.6 Å². The fraction of sp³-hybridized carbons (Fsp3) is 0.190. The molecule has 0 atom stereocenters. The number of nitrogens with one attached hydrogen (secondary N) is 2. The highest BCUT2D eigenvalue weighted by atomic mass is 16.5. The van der Waals surface area contributed by atoms with Gasteiger partial charge in [-0.1, -0.05) is 12.1 Å². The summed E-state index contributed by atoms with van der Waals surface area (Å²) in [6.45, 7) is 2.38. The van der Waals surface area contributed by atoms with Crippen molar-refractivity contribution in [2.24, 2.45) is 0 Å². The third kappa shape index (κ3) is 4.92. The largest absolute Gasteiger partial charge is 0.497 e. The molecule has 3 aromatic rings. The van der Waals surface area contributed by atoms with Gasteiger partial charge in [0.25, 0.3) is 5.91 Å². The van der Waals surface area contributed by atoms with Crippen molar-refractivity contribution in [1.82, 2.24) is 9.97 Å². The summed E-state index contributed by atoms with van der Waals surface area (Å²) in [6.07, 6.45) is 1.51. The molecule has 1 aromatic heterocycles. The van der Waals surface area contributed by atoms with E-state index in [2.05, 4.69) is 20.6 Å². The van der Waals surface area contributed by atoms with E-state index in [0.29, 0.717) is 35.2 Å². The molecule has 0 aliphatic rings. The van der Waals surface area contributed by atoms with E-state index >= 15 is 0 Å². The summed E-state index contributed by atoms with van der Waals surface area (Å²) in [4.78, 5) is 21.1. The molecule has 1 amide bonds. The second-order valence-corrected chi connectivity index (χ2v) is 5.84. The van der Waals surface area contributed by atoms with Crippen LogP contribution >= 0.6 is 0 Å². The van der Waals surface area contributed by atoms with Crippen molar-refractivity contribution in [2.75, 3.05) is 31.5 Å². The third-order valence-corrected chi connectivity index (χ3v) is 3.98. The maximum Gasteiger partial charge on any atom is 0.274 e. The van der Waals surface area contributed by atoms with Gasteiger partial charge in [0.05, 0.1) is 32.2 Å². The lowest BCUT2D eigenvalue weighted by Crippen LogP contribution is -2.15.